The van der Waals surface area contributed by atoms with E-state index in [0.717, 1.165) is 89.9 Å². The van der Waals surface area contributed by atoms with E-state index in [9.17, 15) is 14.4 Å². The van der Waals surface area contributed by atoms with Crippen LogP contribution in [0, 0.1) is 0 Å². The molecule has 0 spiro atoms. The topological polar surface area (TPSA) is 78.9 Å². The molecule has 0 bridgehead atoms. The van der Waals surface area contributed by atoms with Crippen molar-refractivity contribution in [3.8, 4) is 0 Å². The van der Waals surface area contributed by atoms with E-state index in [1.54, 1.807) is 0 Å². The second kappa shape index (κ2) is 51.3. The Morgan fingerprint density at radius 3 is 0.968 bits per heavy atom. The van der Waals surface area contributed by atoms with E-state index in [0.29, 0.717) is 19.3 Å². The third-order valence-corrected chi connectivity index (χ3v) is 11.9. The van der Waals surface area contributed by atoms with Gasteiger partial charge in [0.05, 0.1) is 0 Å². The van der Waals surface area contributed by atoms with Gasteiger partial charge >= 0.3 is 17.9 Å². The quantitative estimate of drug-likeness (QED) is 0.0199. The molecule has 6 nitrogen and oxygen atoms in total. The van der Waals surface area contributed by atoms with E-state index in [1.165, 1.54) is 154 Å². The molecule has 6 heteroatoms. The predicted molar refractivity (Wildman–Crippen MR) is 266 cm³/mol. The first-order valence-corrected chi connectivity index (χ1v) is 27.0. The molecule has 0 fully saturated rings. The van der Waals surface area contributed by atoms with Gasteiger partial charge in [-0.1, -0.05) is 237 Å². The maximum atomic E-state index is 12.8. The summed E-state index contributed by atoms with van der Waals surface area (Å²) in [7, 11) is 0. The summed E-state index contributed by atoms with van der Waals surface area (Å²) >= 11 is 0. The lowest BCUT2D eigenvalue weighted by atomic mass is 10.0. The molecule has 0 N–H and O–H groups in total. The highest BCUT2D eigenvalue weighted by Gasteiger charge is 2.19. The average Bonchev–Trinajstić information content (AvgIpc) is 3.27. The minimum absolute atomic E-state index is 0.0834. The molecule has 0 aromatic heterocycles. The van der Waals surface area contributed by atoms with Crippen LogP contribution in [0.5, 0.6) is 0 Å². The van der Waals surface area contributed by atoms with Gasteiger partial charge in [0.1, 0.15) is 13.2 Å². The van der Waals surface area contributed by atoms with Crippen LogP contribution < -0.4 is 0 Å². The zero-order valence-corrected chi connectivity index (χ0v) is 41.4. The van der Waals surface area contributed by atoms with Crippen molar-refractivity contribution in [2.75, 3.05) is 13.2 Å². The summed E-state index contributed by atoms with van der Waals surface area (Å²) < 4.78 is 16.8. The molecule has 1 unspecified atom stereocenters. The lowest BCUT2D eigenvalue weighted by Gasteiger charge is -2.18. The summed E-state index contributed by atoms with van der Waals surface area (Å²) in [6.45, 7) is 6.59. The van der Waals surface area contributed by atoms with Gasteiger partial charge in [0.2, 0.25) is 0 Å². The third kappa shape index (κ3) is 48.7. The Balaban J connectivity index is 4.33. The number of esters is 3. The van der Waals surface area contributed by atoms with E-state index in [4.69, 9.17) is 14.2 Å². The van der Waals surface area contributed by atoms with E-state index < -0.39 is 6.10 Å². The molecular weight excluding hydrogens is 769 g/mol. The molecule has 0 aliphatic rings. The highest BCUT2D eigenvalue weighted by Crippen LogP contribution is 2.16. The third-order valence-electron chi connectivity index (χ3n) is 11.9. The van der Waals surface area contributed by atoms with Gasteiger partial charge in [-0.3, -0.25) is 14.4 Å². The van der Waals surface area contributed by atoms with Crippen molar-refractivity contribution in [3.05, 3.63) is 36.5 Å². The second-order valence-electron chi connectivity index (χ2n) is 18.2. The molecule has 0 aliphatic carbocycles. The number of unbranched alkanes of at least 4 members (excludes halogenated alkanes) is 33. The second-order valence-corrected chi connectivity index (χ2v) is 18.2. The van der Waals surface area contributed by atoms with E-state index in [2.05, 4.69) is 57.2 Å². The summed E-state index contributed by atoms with van der Waals surface area (Å²) in [5.74, 6) is -0.913. The number of carbonyl (C=O) groups is 3. The molecule has 0 aromatic rings. The highest BCUT2D eigenvalue weighted by atomic mass is 16.6. The Morgan fingerprint density at radius 1 is 0.323 bits per heavy atom. The smallest absolute Gasteiger partial charge is 0.306 e. The summed E-state index contributed by atoms with van der Waals surface area (Å²) in [6, 6.07) is 0. The maximum Gasteiger partial charge on any atom is 0.306 e. The molecule has 0 heterocycles. The molecule has 0 aromatic carbocycles. The average molecular weight is 871 g/mol. The predicted octanol–water partition coefficient (Wildman–Crippen LogP) is 17.7. The first-order chi connectivity index (χ1) is 30.5. The minimum Gasteiger partial charge on any atom is -0.462 e. The van der Waals surface area contributed by atoms with Crippen LogP contribution in [-0.4, -0.2) is 37.2 Å². The van der Waals surface area contributed by atoms with Gasteiger partial charge in [-0.25, -0.2) is 0 Å². The normalized spacial score (nSPS) is 12.2. The highest BCUT2D eigenvalue weighted by molar-refractivity contribution is 5.71. The number of carbonyl (C=O) groups excluding carboxylic acids is 3. The SMILES string of the molecule is CCCC/C=C\CCCCCCC(=O)OCC(COC(=O)CCCCCCCCCCCCCCCCCCCC)OC(=O)CCCCC/C=C\C=C/CCCCCCCCC. The molecule has 0 amide bonds. The van der Waals surface area contributed by atoms with Crippen LogP contribution in [0.4, 0.5) is 0 Å². The van der Waals surface area contributed by atoms with E-state index in [-0.39, 0.29) is 31.1 Å². The van der Waals surface area contributed by atoms with Crippen molar-refractivity contribution < 1.29 is 28.6 Å². The van der Waals surface area contributed by atoms with Crippen LogP contribution >= 0.6 is 0 Å². The zero-order chi connectivity index (χ0) is 45.1. The van der Waals surface area contributed by atoms with E-state index >= 15 is 0 Å². The van der Waals surface area contributed by atoms with Crippen LogP contribution in [0.15, 0.2) is 36.5 Å². The van der Waals surface area contributed by atoms with Gasteiger partial charge < -0.3 is 14.2 Å². The van der Waals surface area contributed by atoms with Crippen molar-refractivity contribution in [3.63, 3.8) is 0 Å². The Morgan fingerprint density at radius 2 is 0.597 bits per heavy atom. The Kier molecular flexibility index (Phi) is 49.3. The molecule has 0 rings (SSSR count). The fraction of sp³-hybridized carbons (Fsp3) is 0.839. The Hall–Kier alpha value is -2.37. The van der Waals surface area contributed by atoms with Gasteiger partial charge in [-0.2, -0.15) is 0 Å². The standard InChI is InChI=1S/C56H102O6/c1-4-7-10-13-16-19-22-24-26-28-29-31-32-34-37-40-43-46-49-55(58)61-52-53(51-60-54(57)48-45-42-39-36-21-18-15-12-9-6-3)62-56(59)50-47-44-41-38-35-33-30-27-25-23-20-17-14-11-8-5-2/h15,18,27,30,33,35,53H,4-14,16-17,19-26,28-29,31-32,34,36-52H2,1-3H3/b18-15-,30-27-,35-33-. The van der Waals surface area contributed by atoms with Crippen LogP contribution in [0.25, 0.3) is 0 Å². The summed E-state index contributed by atoms with van der Waals surface area (Å²) in [4.78, 5) is 37.9. The van der Waals surface area contributed by atoms with Gasteiger partial charge in [0.25, 0.3) is 0 Å². The van der Waals surface area contributed by atoms with Crippen molar-refractivity contribution in [2.24, 2.45) is 0 Å². The van der Waals surface area contributed by atoms with E-state index in [1.807, 2.05) is 0 Å². The van der Waals surface area contributed by atoms with Gasteiger partial charge in [0.15, 0.2) is 6.10 Å². The number of rotatable bonds is 49. The number of hydrogen-bond donors (Lipinski definition) is 0. The lowest BCUT2D eigenvalue weighted by Crippen LogP contribution is -2.30. The molecular formula is C56H102O6. The van der Waals surface area contributed by atoms with Gasteiger partial charge in [0, 0.05) is 19.3 Å². The van der Waals surface area contributed by atoms with Crippen molar-refractivity contribution in [2.45, 2.75) is 290 Å². The van der Waals surface area contributed by atoms with Crippen molar-refractivity contribution >= 4 is 17.9 Å². The Labute approximate surface area is 385 Å². The minimum atomic E-state index is -0.786. The fourth-order valence-corrected chi connectivity index (χ4v) is 7.77. The first-order valence-electron chi connectivity index (χ1n) is 27.0. The van der Waals surface area contributed by atoms with Crippen LogP contribution in [0.3, 0.4) is 0 Å². The van der Waals surface area contributed by atoms with Crippen LogP contribution in [-0.2, 0) is 28.6 Å². The molecule has 0 radical (unpaired) electrons. The summed E-state index contributed by atoms with van der Waals surface area (Å²) in [6.07, 6.45) is 60.0. The molecule has 0 aliphatic heterocycles. The van der Waals surface area contributed by atoms with Crippen molar-refractivity contribution in [1.29, 1.82) is 0 Å². The molecule has 0 saturated heterocycles. The molecule has 362 valence electrons. The largest absolute Gasteiger partial charge is 0.462 e. The number of allylic oxidation sites excluding steroid dienone is 6. The number of ether oxygens (including phenoxy) is 3. The van der Waals surface area contributed by atoms with Crippen molar-refractivity contribution in [1.82, 2.24) is 0 Å². The number of hydrogen-bond acceptors (Lipinski definition) is 6. The van der Waals surface area contributed by atoms with Crippen LogP contribution in [0.2, 0.25) is 0 Å². The Bertz CT molecular complexity index is 1050. The monoisotopic (exact) mass is 871 g/mol. The summed E-state index contributed by atoms with van der Waals surface area (Å²) in [5, 5.41) is 0. The maximum absolute atomic E-state index is 12.8. The zero-order valence-electron chi connectivity index (χ0n) is 41.4. The van der Waals surface area contributed by atoms with Crippen LogP contribution in [0.1, 0.15) is 284 Å². The summed E-state index contributed by atoms with van der Waals surface area (Å²) in [5.41, 5.74) is 0. The van der Waals surface area contributed by atoms with Gasteiger partial charge in [-0.05, 0) is 64.2 Å². The van der Waals surface area contributed by atoms with Gasteiger partial charge in [-0.15, -0.1) is 0 Å². The first kappa shape index (κ1) is 59.6. The molecule has 62 heavy (non-hydrogen) atoms. The molecule has 0 saturated carbocycles. The lowest BCUT2D eigenvalue weighted by molar-refractivity contribution is -0.167. The molecule has 1 atom stereocenters. The fourth-order valence-electron chi connectivity index (χ4n) is 7.77.